The topological polar surface area (TPSA) is 70.0 Å². The number of halogens is 1. The minimum Gasteiger partial charge on any atom is -0.472 e. The maximum atomic E-state index is 9.24. The first kappa shape index (κ1) is 20.4. The van der Waals surface area contributed by atoms with Crippen molar-refractivity contribution in [1.29, 1.82) is 0 Å². The summed E-state index contributed by atoms with van der Waals surface area (Å²) in [6.07, 6.45) is 2.80. The number of pyridine rings is 1. The van der Waals surface area contributed by atoms with Crippen LogP contribution < -0.4 is 10.1 Å². The number of hydrogen-bond acceptors (Lipinski definition) is 4. The molecular formula is C19H25IN4O2. The Morgan fingerprint density at radius 1 is 1.31 bits per heavy atom. The van der Waals surface area contributed by atoms with E-state index in [1.807, 2.05) is 42.5 Å². The fourth-order valence-corrected chi connectivity index (χ4v) is 2.96. The Hall–Kier alpha value is -1.87. The summed E-state index contributed by atoms with van der Waals surface area (Å²) in [6, 6.07) is 13.6. The average Bonchev–Trinajstić information content (AvgIpc) is 3.11. The molecule has 1 fully saturated rings. The Morgan fingerprint density at radius 3 is 2.88 bits per heavy atom. The van der Waals surface area contributed by atoms with Crippen molar-refractivity contribution < 1.29 is 9.84 Å². The molecule has 7 heteroatoms. The highest BCUT2D eigenvalue weighted by atomic mass is 127. The van der Waals surface area contributed by atoms with Gasteiger partial charge in [0.25, 0.3) is 0 Å². The molecule has 1 aliphatic heterocycles. The molecule has 2 heterocycles. The van der Waals surface area contributed by atoms with Crippen LogP contribution in [0.3, 0.4) is 0 Å². The van der Waals surface area contributed by atoms with Crippen molar-refractivity contribution in [2.75, 3.05) is 20.1 Å². The monoisotopic (exact) mass is 468 g/mol. The van der Waals surface area contributed by atoms with Crippen molar-refractivity contribution in [2.45, 2.75) is 25.7 Å². The molecule has 0 radical (unpaired) electrons. The minimum atomic E-state index is 0. The molecule has 3 rings (SSSR count). The second-order valence-corrected chi connectivity index (χ2v) is 6.02. The van der Waals surface area contributed by atoms with Crippen LogP contribution in [0.15, 0.2) is 53.7 Å². The summed E-state index contributed by atoms with van der Waals surface area (Å²) in [6.45, 7) is 2.41. The van der Waals surface area contributed by atoms with E-state index in [1.54, 1.807) is 13.2 Å². The van der Waals surface area contributed by atoms with E-state index in [9.17, 15) is 5.11 Å². The highest BCUT2D eigenvalue weighted by Gasteiger charge is 2.26. The van der Waals surface area contributed by atoms with Gasteiger partial charge in [-0.15, -0.1) is 24.0 Å². The molecule has 1 unspecified atom stereocenters. The normalized spacial score (nSPS) is 16.9. The average molecular weight is 468 g/mol. The maximum Gasteiger partial charge on any atom is 0.213 e. The molecule has 1 atom stereocenters. The second-order valence-electron chi connectivity index (χ2n) is 6.02. The van der Waals surface area contributed by atoms with Crippen LogP contribution in [0, 0.1) is 0 Å². The van der Waals surface area contributed by atoms with Crippen LogP contribution >= 0.6 is 24.0 Å². The number of guanidine groups is 1. The molecule has 0 spiro atoms. The second kappa shape index (κ2) is 10.3. The first-order chi connectivity index (χ1) is 12.3. The van der Waals surface area contributed by atoms with Gasteiger partial charge in [-0.25, -0.2) is 4.98 Å². The summed E-state index contributed by atoms with van der Waals surface area (Å²) in [5.74, 6) is 1.53. The molecule has 140 valence electrons. The fraction of sp³-hybridized carbons (Fsp3) is 0.368. The first-order valence-corrected chi connectivity index (χ1v) is 8.50. The highest BCUT2D eigenvalue weighted by Crippen LogP contribution is 2.16. The van der Waals surface area contributed by atoms with E-state index in [-0.39, 0.29) is 36.7 Å². The molecule has 1 aliphatic rings. The van der Waals surface area contributed by atoms with E-state index in [4.69, 9.17) is 4.74 Å². The standard InChI is InChI=1S/C19H24N4O2.HI/c1-20-19(22-12-15-5-4-6-16(11-15)14-24)23-10-8-17(13-23)25-18-7-2-3-9-21-18;/h2-7,9,11,17,24H,8,10,12-14H2,1H3,(H,20,22);1H. The van der Waals surface area contributed by atoms with Crippen LogP contribution in [0.25, 0.3) is 0 Å². The number of nitrogens with one attached hydrogen (secondary N) is 1. The number of rotatable bonds is 5. The number of ether oxygens (including phenoxy) is 1. The Kier molecular flexibility index (Phi) is 8.11. The Bertz CT molecular complexity index is 712. The van der Waals surface area contributed by atoms with Crippen molar-refractivity contribution in [3.05, 3.63) is 59.8 Å². The molecule has 26 heavy (non-hydrogen) atoms. The smallest absolute Gasteiger partial charge is 0.213 e. The molecule has 1 saturated heterocycles. The van der Waals surface area contributed by atoms with E-state index >= 15 is 0 Å². The summed E-state index contributed by atoms with van der Waals surface area (Å²) in [7, 11) is 1.79. The zero-order chi connectivity index (χ0) is 17.5. The van der Waals surface area contributed by atoms with Crippen LogP contribution in [0.4, 0.5) is 0 Å². The third-order valence-electron chi connectivity index (χ3n) is 4.21. The Morgan fingerprint density at radius 2 is 2.15 bits per heavy atom. The molecule has 0 aliphatic carbocycles. The third-order valence-corrected chi connectivity index (χ3v) is 4.21. The quantitative estimate of drug-likeness (QED) is 0.401. The lowest BCUT2D eigenvalue weighted by Gasteiger charge is -2.21. The van der Waals surface area contributed by atoms with E-state index in [1.165, 1.54) is 0 Å². The number of aliphatic imine (C=N–C) groups is 1. The van der Waals surface area contributed by atoms with Gasteiger partial charge < -0.3 is 20.1 Å². The van der Waals surface area contributed by atoms with E-state index in [2.05, 4.69) is 20.2 Å². The molecule has 0 amide bonds. The zero-order valence-electron chi connectivity index (χ0n) is 14.8. The number of benzene rings is 1. The first-order valence-electron chi connectivity index (χ1n) is 8.50. The van der Waals surface area contributed by atoms with E-state index in [0.717, 1.165) is 36.6 Å². The molecule has 2 aromatic rings. The van der Waals surface area contributed by atoms with E-state index in [0.29, 0.717) is 12.4 Å². The number of nitrogens with zero attached hydrogens (tertiary/aromatic N) is 3. The number of aromatic nitrogens is 1. The lowest BCUT2D eigenvalue weighted by molar-refractivity contribution is 0.205. The number of aliphatic hydroxyl groups excluding tert-OH is 1. The maximum absolute atomic E-state index is 9.24. The lowest BCUT2D eigenvalue weighted by atomic mass is 10.1. The van der Waals surface area contributed by atoms with Gasteiger partial charge >= 0.3 is 0 Å². The van der Waals surface area contributed by atoms with Crippen LogP contribution in [-0.2, 0) is 13.2 Å². The van der Waals surface area contributed by atoms with Gasteiger partial charge in [0.1, 0.15) is 6.10 Å². The highest BCUT2D eigenvalue weighted by molar-refractivity contribution is 14.0. The van der Waals surface area contributed by atoms with E-state index < -0.39 is 0 Å². The van der Waals surface area contributed by atoms with Crippen molar-refractivity contribution in [1.82, 2.24) is 15.2 Å². The SMILES string of the molecule is CN=C(NCc1cccc(CO)c1)N1CCC(Oc2ccccn2)C1.I. The Balaban J connectivity index is 0.00000243. The van der Waals surface area contributed by atoms with Gasteiger partial charge in [0.05, 0.1) is 13.2 Å². The molecular weight excluding hydrogens is 443 g/mol. The minimum absolute atomic E-state index is 0. The van der Waals surface area contributed by atoms with Gasteiger partial charge in [-0.2, -0.15) is 0 Å². The van der Waals surface area contributed by atoms with Crippen molar-refractivity contribution in [2.24, 2.45) is 4.99 Å². The predicted octanol–water partition coefficient (Wildman–Crippen LogP) is 2.42. The summed E-state index contributed by atoms with van der Waals surface area (Å²) in [5.41, 5.74) is 2.03. The van der Waals surface area contributed by atoms with Crippen LogP contribution in [0.1, 0.15) is 17.5 Å². The van der Waals surface area contributed by atoms with Gasteiger partial charge in [-0.3, -0.25) is 4.99 Å². The number of likely N-dealkylation sites (tertiary alicyclic amines) is 1. The van der Waals surface area contributed by atoms with Crippen molar-refractivity contribution in [3.63, 3.8) is 0 Å². The number of aliphatic hydroxyl groups is 1. The van der Waals surface area contributed by atoms with Gasteiger partial charge in [0.2, 0.25) is 5.88 Å². The van der Waals surface area contributed by atoms with Gasteiger partial charge in [0, 0.05) is 38.8 Å². The molecule has 0 bridgehead atoms. The molecule has 1 aromatic carbocycles. The summed E-state index contributed by atoms with van der Waals surface area (Å²) >= 11 is 0. The fourth-order valence-electron chi connectivity index (χ4n) is 2.96. The molecule has 2 N–H and O–H groups in total. The summed E-state index contributed by atoms with van der Waals surface area (Å²) < 4.78 is 5.93. The summed E-state index contributed by atoms with van der Waals surface area (Å²) in [5, 5.41) is 12.6. The van der Waals surface area contributed by atoms with Gasteiger partial charge in [-0.05, 0) is 17.2 Å². The zero-order valence-corrected chi connectivity index (χ0v) is 17.2. The van der Waals surface area contributed by atoms with Crippen LogP contribution in [0.2, 0.25) is 0 Å². The van der Waals surface area contributed by atoms with Crippen LogP contribution in [-0.4, -0.2) is 47.2 Å². The molecule has 0 saturated carbocycles. The molecule has 6 nitrogen and oxygen atoms in total. The summed E-state index contributed by atoms with van der Waals surface area (Å²) in [4.78, 5) is 10.8. The number of hydrogen-bond donors (Lipinski definition) is 2. The Labute approximate surface area is 171 Å². The van der Waals surface area contributed by atoms with Gasteiger partial charge in [0.15, 0.2) is 5.96 Å². The predicted molar refractivity (Wildman–Crippen MR) is 113 cm³/mol. The van der Waals surface area contributed by atoms with Crippen molar-refractivity contribution >= 4 is 29.9 Å². The van der Waals surface area contributed by atoms with Crippen molar-refractivity contribution in [3.8, 4) is 5.88 Å². The molecule has 1 aromatic heterocycles. The largest absolute Gasteiger partial charge is 0.472 e. The lowest BCUT2D eigenvalue weighted by Crippen LogP contribution is -2.40. The van der Waals surface area contributed by atoms with Crippen LogP contribution in [0.5, 0.6) is 5.88 Å². The third kappa shape index (κ3) is 5.57. The van der Waals surface area contributed by atoms with Gasteiger partial charge in [-0.1, -0.05) is 30.3 Å².